The molecule has 1 aliphatic rings. The van der Waals surface area contributed by atoms with Crippen molar-refractivity contribution in [1.29, 1.82) is 0 Å². The molecule has 1 saturated carbocycles. The molecule has 4 N–H and O–H groups in total. The number of ether oxygens (including phenoxy) is 1. The van der Waals surface area contributed by atoms with Gasteiger partial charge in [0.25, 0.3) is 5.56 Å². The number of anilines is 3. The largest absolute Gasteiger partial charge is 0.494 e. The van der Waals surface area contributed by atoms with E-state index in [1.807, 2.05) is 22.6 Å². The van der Waals surface area contributed by atoms with Gasteiger partial charge in [0.1, 0.15) is 27.0 Å². The average Bonchev–Trinajstić information content (AvgIpc) is 3.55. The van der Waals surface area contributed by atoms with E-state index in [9.17, 15) is 28.4 Å². The lowest BCUT2D eigenvalue weighted by molar-refractivity contribution is 0.0861. The number of nitrogens with zero attached hydrogens (tertiary/aromatic N) is 1. The van der Waals surface area contributed by atoms with Crippen LogP contribution < -0.4 is 20.3 Å². The Hall–Kier alpha value is -2.12. The number of benzene rings is 1. The molecule has 12 heteroatoms. The van der Waals surface area contributed by atoms with Crippen molar-refractivity contribution in [2.24, 2.45) is 7.05 Å². The van der Waals surface area contributed by atoms with E-state index in [1.54, 1.807) is 11.3 Å². The molecule has 1 aliphatic carbocycles. The zero-order chi connectivity index (χ0) is 23.7. The minimum atomic E-state index is -3.60. The molecule has 0 saturated heterocycles. The van der Waals surface area contributed by atoms with Gasteiger partial charge in [-0.1, -0.05) is 0 Å². The minimum absolute atomic E-state index is 0.00524. The standard InChI is InChI=1S/C20H23FIN3O6S/c1-25-17(29)8-16(31-2)18(19(25)23-15-4-3-12(22)7-14(15)21)24-32(30,11-27)20(5-6-20)9-13(28)10-26/h3-4,7-8,13,23,26,28H,5-6,9-10H2,1-2H3,(H,24,30)/t13-,32?/m0/s1. The predicted molar refractivity (Wildman–Crippen MR) is 128 cm³/mol. The number of carbonyl (C=O) groups excluding carboxylic acids is 1. The second-order valence-electron chi connectivity index (χ2n) is 7.55. The van der Waals surface area contributed by atoms with Crippen LogP contribution in [0.1, 0.15) is 19.3 Å². The number of methoxy groups -OCH3 is 1. The van der Waals surface area contributed by atoms with Crippen LogP contribution in [0, 0.1) is 9.39 Å². The SMILES string of the molecule is COc1cc(=O)n(C)c(Nc2ccc(I)cc2F)c1NS(=O)(=C=O)C1(C[C@H](O)CO)CC1. The Bertz CT molecular complexity index is 1230. The maximum absolute atomic E-state index is 14.5. The number of aliphatic hydroxyl groups is 2. The van der Waals surface area contributed by atoms with E-state index in [4.69, 9.17) is 4.74 Å². The van der Waals surface area contributed by atoms with Crippen molar-refractivity contribution in [3.8, 4) is 5.75 Å². The van der Waals surface area contributed by atoms with Gasteiger partial charge in [-0.3, -0.25) is 14.1 Å². The molecule has 3 rings (SSSR count). The van der Waals surface area contributed by atoms with E-state index < -0.39 is 38.5 Å². The second-order valence-corrected chi connectivity index (χ2v) is 11.1. The van der Waals surface area contributed by atoms with Gasteiger partial charge in [-0.2, -0.15) is 0 Å². The highest BCUT2D eigenvalue weighted by Crippen LogP contribution is 2.49. The number of pyridine rings is 1. The van der Waals surface area contributed by atoms with Crippen LogP contribution in [0.2, 0.25) is 0 Å². The molecule has 1 fully saturated rings. The molecule has 2 aromatic rings. The molecule has 0 radical (unpaired) electrons. The normalized spacial score (nSPS) is 17.1. The first-order chi connectivity index (χ1) is 15.1. The number of hydrogen-bond donors (Lipinski definition) is 4. The summed E-state index contributed by atoms with van der Waals surface area (Å²) in [4.78, 5) is 24.3. The van der Waals surface area contributed by atoms with E-state index in [2.05, 4.69) is 10.0 Å². The third-order valence-corrected chi connectivity index (χ3v) is 8.60. The van der Waals surface area contributed by atoms with Crippen LogP contribution >= 0.6 is 22.6 Å². The Morgan fingerprint density at radius 1 is 1.41 bits per heavy atom. The van der Waals surface area contributed by atoms with Gasteiger partial charge in [0.2, 0.25) is 5.23 Å². The number of hydrogen-bond acceptors (Lipinski definition) is 7. The quantitative estimate of drug-likeness (QED) is 0.264. The summed E-state index contributed by atoms with van der Waals surface area (Å²) in [5.41, 5.74) is -0.431. The van der Waals surface area contributed by atoms with Crippen molar-refractivity contribution in [2.45, 2.75) is 30.1 Å². The van der Waals surface area contributed by atoms with E-state index in [-0.39, 0.29) is 29.4 Å². The first-order valence-electron chi connectivity index (χ1n) is 9.59. The number of aromatic nitrogens is 1. The Labute approximate surface area is 197 Å². The zero-order valence-corrected chi connectivity index (χ0v) is 20.3. The molecule has 0 spiro atoms. The van der Waals surface area contributed by atoms with Crippen molar-refractivity contribution < 1.29 is 28.3 Å². The molecule has 9 nitrogen and oxygen atoms in total. The van der Waals surface area contributed by atoms with Crippen molar-refractivity contribution in [2.75, 3.05) is 23.8 Å². The fourth-order valence-electron chi connectivity index (χ4n) is 3.40. The summed E-state index contributed by atoms with van der Waals surface area (Å²) < 4.78 is 36.8. The van der Waals surface area contributed by atoms with Crippen LogP contribution in [0.25, 0.3) is 0 Å². The Kier molecular flexibility index (Phi) is 7.20. The number of aliphatic hydroxyl groups excluding tert-OH is 2. The lowest BCUT2D eigenvalue weighted by Crippen LogP contribution is -2.35. The van der Waals surface area contributed by atoms with Crippen LogP contribution in [0.5, 0.6) is 5.75 Å². The summed E-state index contributed by atoms with van der Waals surface area (Å²) in [5, 5.41) is 23.5. The fraction of sp³-hybridized carbons (Fsp3) is 0.400. The first-order valence-corrected chi connectivity index (χ1v) is 12.2. The van der Waals surface area contributed by atoms with Crippen molar-refractivity contribution in [1.82, 2.24) is 4.57 Å². The molecule has 1 unspecified atom stereocenters. The van der Waals surface area contributed by atoms with Gasteiger partial charge in [0.15, 0.2) is 5.75 Å². The predicted octanol–water partition coefficient (Wildman–Crippen LogP) is 1.84. The first kappa shape index (κ1) is 24.5. The van der Waals surface area contributed by atoms with Crippen molar-refractivity contribution in [3.05, 3.63) is 44.0 Å². The lowest BCUT2D eigenvalue weighted by Gasteiger charge is -2.25. The van der Waals surface area contributed by atoms with Crippen LogP contribution in [0.15, 0.2) is 29.1 Å². The van der Waals surface area contributed by atoms with E-state index in [0.717, 1.165) is 10.6 Å². The molecule has 1 aromatic heterocycles. The maximum Gasteiger partial charge on any atom is 0.255 e. The summed E-state index contributed by atoms with van der Waals surface area (Å²) in [5.74, 6) is -0.565. The molecule has 0 amide bonds. The highest BCUT2D eigenvalue weighted by molar-refractivity contribution is 14.1. The summed E-state index contributed by atoms with van der Waals surface area (Å²) in [6, 6.07) is 5.58. The molecule has 0 aliphatic heterocycles. The third-order valence-electron chi connectivity index (χ3n) is 5.41. The average molecular weight is 579 g/mol. The van der Waals surface area contributed by atoms with E-state index >= 15 is 0 Å². The van der Waals surface area contributed by atoms with E-state index in [0.29, 0.717) is 16.4 Å². The molecule has 1 aromatic carbocycles. The smallest absolute Gasteiger partial charge is 0.255 e. The highest BCUT2D eigenvalue weighted by Gasteiger charge is 2.54. The molecular formula is C20H23FIN3O6S. The van der Waals surface area contributed by atoms with Gasteiger partial charge in [0, 0.05) is 16.7 Å². The third kappa shape index (κ3) is 4.64. The monoisotopic (exact) mass is 579 g/mol. The number of nitrogens with one attached hydrogen (secondary N) is 2. The molecule has 174 valence electrons. The van der Waals surface area contributed by atoms with Gasteiger partial charge in [0.05, 0.1) is 30.3 Å². The van der Waals surface area contributed by atoms with Crippen LogP contribution in [0.3, 0.4) is 0 Å². The molecule has 0 bridgehead atoms. The number of halogens is 2. The molecule has 1 heterocycles. The number of rotatable bonds is 9. The van der Waals surface area contributed by atoms with Gasteiger partial charge < -0.3 is 20.3 Å². The summed E-state index contributed by atoms with van der Waals surface area (Å²) in [6.45, 7) is -0.543. The molecular weight excluding hydrogens is 556 g/mol. The summed E-state index contributed by atoms with van der Waals surface area (Å²) >= 11 is 1.96. The van der Waals surface area contributed by atoms with Crippen LogP contribution in [-0.4, -0.2) is 48.8 Å². The van der Waals surface area contributed by atoms with Crippen LogP contribution in [-0.2, 0) is 21.5 Å². The fourth-order valence-corrected chi connectivity index (χ4v) is 5.88. The minimum Gasteiger partial charge on any atom is -0.494 e. The summed E-state index contributed by atoms with van der Waals surface area (Å²) in [6.07, 6.45) is -0.497. The lowest BCUT2D eigenvalue weighted by atomic mass is 10.2. The van der Waals surface area contributed by atoms with Gasteiger partial charge >= 0.3 is 0 Å². The Balaban J connectivity index is 2.13. The Morgan fingerprint density at radius 3 is 2.62 bits per heavy atom. The maximum atomic E-state index is 14.5. The van der Waals surface area contributed by atoms with Crippen molar-refractivity contribution in [3.63, 3.8) is 0 Å². The topological polar surface area (TPSA) is 130 Å². The van der Waals surface area contributed by atoms with Crippen LogP contribution in [0.4, 0.5) is 21.6 Å². The van der Waals surface area contributed by atoms with Gasteiger partial charge in [-0.05, 0) is 60.1 Å². The molecule has 2 atom stereocenters. The highest BCUT2D eigenvalue weighted by atomic mass is 127. The van der Waals surface area contributed by atoms with Gasteiger partial charge in [-0.25, -0.2) is 13.4 Å². The molecule has 32 heavy (non-hydrogen) atoms. The Morgan fingerprint density at radius 2 is 2.09 bits per heavy atom. The van der Waals surface area contributed by atoms with Crippen molar-refractivity contribution >= 4 is 54.7 Å². The van der Waals surface area contributed by atoms with E-state index in [1.165, 1.54) is 26.3 Å². The van der Waals surface area contributed by atoms with Gasteiger partial charge in [-0.15, -0.1) is 0 Å². The second kappa shape index (κ2) is 9.40. The zero-order valence-electron chi connectivity index (χ0n) is 17.4. The summed E-state index contributed by atoms with van der Waals surface area (Å²) in [7, 11) is -0.882.